The Morgan fingerprint density at radius 1 is 1.31 bits per heavy atom. The number of hydrogen-bond donors (Lipinski definition) is 0. The minimum Gasteiger partial charge on any atom is -0.449 e. The maximum absolute atomic E-state index is 10.8. The average Bonchev–Trinajstić information content (AvgIpc) is 2.24. The predicted octanol–water partition coefficient (Wildman–Crippen LogP) is 2.06. The molecule has 0 fully saturated rings. The summed E-state index contributed by atoms with van der Waals surface area (Å²) in [6, 6.07) is 0. The number of carbonyl (C=O) groups is 1. The zero-order valence-electron chi connectivity index (χ0n) is 10.9. The smallest absolute Gasteiger partial charge is 0.303 e. The molecule has 0 radical (unpaired) electrons. The number of carbonyl (C=O) groups excluding carboxylic acids is 1. The molecular weight excluding hydrogens is 202 g/mol. The van der Waals surface area contributed by atoms with Crippen molar-refractivity contribution < 1.29 is 9.53 Å². The molecule has 0 rings (SSSR count). The van der Waals surface area contributed by atoms with Crippen molar-refractivity contribution in [2.45, 2.75) is 46.6 Å². The minimum absolute atomic E-state index is 0.238. The van der Waals surface area contributed by atoms with Crippen LogP contribution in [0.25, 0.3) is 0 Å². The Hall–Kier alpha value is -1.01. The highest BCUT2D eigenvalue weighted by atomic mass is 16.5. The van der Waals surface area contributed by atoms with Crippen LogP contribution in [0.2, 0.25) is 0 Å². The van der Waals surface area contributed by atoms with Gasteiger partial charge in [0, 0.05) is 6.92 Å². The standard InChI is InChI=1S/C13H23NO2/c1-5-9-13(16-12(4)15)10-8-11-14(6-2)7-3/h13H,5-7,9,11H2,1-4H3. The molecule has 0 bridgehead atoms. The Balaban J connectivity index is 4.15. The zero-order valence-corrected chi connectivity index (χ0v) is 10.9. The Morgan fingerprint density at radius 2 is 1.94 bits per heavy atom. The fraction of sp³-hybridized carbons (Fsp3) is 0.769. The second-order valence-electron chi connectivity index (χ2n) is 3.67. The van der Waals surface area contributed by atoms with Gasteiger partial charge in [-0.2, -0.15) is 0 Å². The van der Waals surface area contributed by atoms with Crippen molar-refractivity contribution in [3.05, 3.63) is 0 Å². The summed E-state index contributed by atoms with van der Waals surface area (Å²) < 4.78 is 5.11. The highest BCUT2D eigenvalue weighted by molar-refractivity contribution is 5.66. The molecule has 92 valence electrons. The van der Waals surface area contributed by atoms with Gasteiger partial charge in [-0.05, 0) is 19.5 Å². The van der Waals surface area contributed by atoms with E-state index in [2.05, 4.69) is 37.5 Å². The van der Waals surface area contributed by atoms with Crippen molar-refractivity contribution in [2.24, 2.45) is 0 Å². The maximum Gasteiger partial charge on any atom is 0.303 e. The van der Waals surface area contributed by atoms with Gasteiger partial charge >= 0.3 is 5.97 Å². The third-order valence-corrected chi connectivity index (χ3v) is 2.32. The van der Waals surface area contributed by atoms with Crippen LogP contribution in [0.15, 0.2) is 0 Å². The lowest BCUT2D eigenvalue weighted by Crippen LogP contribution is -2.23. The van der Waals surface area contributed by atoms with Crippen molar-refractivity contribution >= 4 is 5.97 Å². The van der Waals surface area contributed by atoms with Crippen LogP contribution >= 0.6 is 0 Å². The number of ether oxygens (including phenoxy) is 1. The van der Waals surface area contributed by atoms with Gasteiger partial charge in [0.15, 0.2) is 6.10 Å². The molecule has 0 aliphatic heterocycles. The molecule has 1 atom stereocenters. The van der Waals surface area contributed by atoms with E-state index in [-0.39, 0.29) is 12.1 Å². The van der Waals surface area contributed by atoms with E-state index >= 15 is 0 Å². The summed E-state index contributed by atoms with van der Waals surface area (Å²) in [7, 11) is 0. The Morgan fingerprint density at radius 3 is 2.38 bits per heavy atom. The SMILES string of the molecule is CCCC(C#CCN(CC)CC)OC(C)=O. The Labute approximate surface area is 99.2 Å². The van der Waals surface area contributed by atoms with E-state index < -0.39 is 0 Å². The van der Waals surface area contributed by atoms with Gasteiger partial charge in [-0.15, -0.1) is 0 Å². The Kier molecular flexibility index (Phi) is 8.65. The molecule has 0 amide bonds. The summed E-state index contributed by atoms with van der Waals surface area (Å²) >= 11 is 0. The van der Waals surface area contributed by atoms with Crippen LogP contribution in [0.3, 0.4) is 0 Å². The summed E-state index contributed by atoms with van der Waals surface area (Å²) in [5.74, 6) is 5.84. The molecule has 0 saturated heterocycles. The fourth-order valence-corrected chi connectivity index (χ4v) is 1.34. The zero-order chi connectivity index (χ0) is 12.4. The molecule has 1 unspecified atom stereocenters. The van der Waals surface area contributed by atoms with Gasteiger partial charge < -0.3 is 4.74 Å². The highest BCUT2D eigenvalue weighted by Crippen LogP contribution is 2.01. The van der Waals surface area contributed by atoms with Crippen molar-refractivity contribution in [3.8, 4) is 11.8 Å². The lowest BCUT2D eigenvalue weighted by atomic mass is 10.2. The number of rotatable bonds is 6. The van der Waals surface area contributed by atoms with E-state index in [1.807, 2.05) is 0 Å². The molecular formula is C13H23NO2. The molecule has 16 heavy (non-hydrogen) atoms. The first-order valence-corrected chi connectivity index (χ1v) is 6.01. The molecule has 0 heterocycles. The van der Waals surface area contributed by atoms with Crippen molar-refractivity contribution in [2.75, 3.05) is 19.6 Å². The summed E-state index contributed by atoms with van der Waals surface area (Å²) in [5, 5.41) is 0. The third kappa shape index (κ3) is 7.30. The van der Waals surface area contributed by atoms with Crippen LogP contribution in [0.5, 0.6) is 0 Å². The highest BCUT2D eigenvalue weighted by Gasteiger charge is 2.06. The quantitative estimate of drug-likeness (QED) is 0.512. The summed E-state index contributed by atoms with van der Waals surface area (Å²) in [4.78, 5) is 13.1. The second kappa shape index (κ2) is 9.23. The molecule has 0 spiro atoms. The molecule has 3 nitrogen and oxygen atoms in total. The maximum atomic E-state index is 10.8. The first-order valence-electron chi connectivity index (χ1n) is 6.01. The molecule has 0 N–H and O–H groups in total. The molecule has 0 aromatic carbocycles. The lowest BCUT2D eigenvalue weighted by Gasteiger charge is -2.14. The molecule has 0 saturated carbocycles. The Bertz CT molecular complexity index is 248. The van der Waals surface area contributed by atoms with Crippen molar-refractivity contribution in [3.63, 3.8) is 0 Å². The molecule has 0 aromatic heterocycles. The van der Waals surface area contributed by atoms with Crippen LogP contribution in [0.1, 0.15) is 40.5 Å². The lowest BCUT2D eigenvalue weighted by molar-refractivity contribution is -0.143. The van der Waals surface area contributed by atoms with E-state index in [9.17, 15) is 4.79 Å². The fourth-order valence-electron chi connectivity index (χ4n) is 1.34. The van der Waals surface area contributed by atoms with E-state index in [0.29, 0.717) is 0 Å². The third-order valence-electron chi connectivity index (χ3n) is 2.32. The molecule has 0 aromatic rings. The van der Waals surface area contributed by atoms with Crippen molar-refractivity contribution in [1.82, 2.24) is 4.90 Å². The normalized spacial score (nSPS) is 11.8. The van der Waals surface area contributed by atoms with Crippen LogP contribution in [0, 0.1) is 11.8 Å². The van der Waals surface area contributed by atoms with E-state index in [1.165, 1.54) is 6.92 Å². The topological polar surface area (TPSA) is 29.5 Å². The average molecular weight is 225 g/mol. The van der Waals surface area contributed by atoms with Crippen LogP contribution in [-0.4, -0.2) is 36.6 Å². The van der Waals surface area contributed by atoms with Crippen LogP contribution in [-0.2, 0) is 9.53 Å². The first kappa shape index (κ1) is 15.0. The largest absolute Gasteiger partial charge is 0.449 e. The van der Waals surface area contributed by atoms with E-state index in [4.69, 9.17) is 4.74 Å². The van der Waals surface area contributed by atoms with Crippen molar-refractivity contribution in [1.29, 1.82) is 0 Å². The number of nitrogens with zero attached hydrogens (tertiary/aromatic N) is 1. The van der Waals surface area contributed by atoms with Gasteiger partial charge in [-0.25, -0.2) is 0 Å². The molecule has 3 heteroatoms. The minimum atomic E-state index is -0.254. The first-order chi connectivity index (χ1) is 7.63. The summed E-state index contributed by atoms with van der Waals surface area (Å²) in [5.41, 5.74) is 0. The van der Waals surface area contributed by atoms with Gasteiger partial charge in [0.05, 0.1) is 6.54 Å². The van der Waals surface area contributed by atoms with Gasteiger partial charge in [0.25, 0.3) is 0 Å². The van der Waals surface area contributed by atoms with Gasteiger partial charge in [0.1, 0.15) is 0 Å². The summed E-state index contributed by atoms with van der Waals surface area (Å²) in [6.07, 6.45) is 1.54. The van der Waals surface area contributed by atoms with Gasteiger partial charge in [0.2, 0.25) is 0 Å². The predicted molar refractivity (Wildman–Crippen MR) is 66.0 cm³/mol. The van der Waals surface area contributed by atoms with E-state index in [1.54, 1.807) is 0 Å². The number of hydrogen-bond acceptors (Lipinski definition) is 3. The molecule has 0 aliphatic rings. The molecule has 0 aliphatic carbocycles. The van der Waals surface area contributed by atoms with E-state index in [0.717, 1.165) is 32.5 Å². The van der Waals surface area contributed by atoms with Gasteiger partial charge in [-0.1, -0.05) is 39.0 Å². The summed E-state index contributed by atoms with van der Waals surface area (Å²) in [6.45, 7) is 10.4. The monoisotopic (exact) mass is 225 g/mol. The van der Waals surface area contributed by atoms with Crippen LogP contribution < -0.4 is 0 Å². The van der Waals surface area contributed by atoms with Crippen LogP contribution in [0.4, 0.5) is 0 Å². The number of esters is 1. The second-order valence-corrected chi connectivity index (χ2v) is 3.67. The van der Waals surface area contributed by atoms with Gasteiger partial charge in [-0.3, -0.25) is 9.69 Å².